The van der Waals surface area contributed by atoms with Crippen LogP contribution in [-0.4, -0.2) is 90.3 Å². The average Bonchev–Trinajstić information content (AvgIpc) is 3.42. The van der Waals surface area contributed by atoms with E-state index >= 15 is 0 Å². The molecule has 2 aliphatic rings. The van der Waals surface area contributed by atoms with E-state index in [-0.39, 0.29) is 24.8 Å². The minimum Gasteiger partial charge on any atom is -0.394 e. The van der Waals surface area contributed by atoms with Crippen molar-refractivity contribution in [2.45, 2.75) is 19.4 Å². The second-order valence-corrected chi connectivity index (χ2v) is 10.1. The van der Waals surface area contributed by atoms with Gasteiger partial charge in [-0.2, -0.15) is 0 Å². The van der Waals surface area contributed by atoms with Gasteiger partial charge >= 0.3 is 0 Å². The van der Waals surface area contributed by atoms with Crippen molar-refractivity contribution >= 4 is 39.1 Å². The number of carbonyl (C=O) groups is 2. The number of aryl methyl sites for hydroxylation is 1. The zero-order chi connectivity index (χ0) is 24.4. The number of ether oxygens (including phenoxy) is 1. The van der Waals surface area contributed by atoms with Gasteiger partial charge < -0.3 is 9.84 Å². The molecule has 0 radical (unpaired) electrons. The van der Waals surface area contributed by atoms with Crippen LogP contribution in [0.1, 0.15) is 12.0 Å². The largest absolute Gasteiger partial charge is 0.394 e. The van der Waals surface area contributed by atoms with Crippen molar-refractivity contribution in [1.29, 1.82) is 0 Å². The predicted molar refractivity (Wildman–Crippen MR) is 137 cm³/mol. The highest BCUT2D eigenvalue weighted by atomic mass is 32.1. The normalized spacial score (nSPS) is 19.8. The van der Waals surface area contributed by atoms with Crippen LogP contribution in [0.25, 0.3) is 20.8 Å². The summed E-state index contributed by atoms with van der Waals surface area (Å²) in [6.45, 7) is 7.00. The Morgan fingerprint density at radius 3 is 2.57 bits per heavy atom. The van der Waals surface area contributed by atoms with Crippen LogP contribution in [0, 0.1) is 6.92 Å². The van der Waals surface area contributed by atoms with Gasteiger partial charge in [-0.3, -0.25) is 19.4 Å². The molecule has 1 aromatic heterocycles. The number of anilines is 1. The van der Waals surface area contributed by atoms with Gasteiger partial charge in [0.15, 0.2) is 0 Å². The van der Waals surface area contributed by atoms with Gasteiger partial charge in [-0.1, -0.05) is 6.07 Å². The Morgan fingerprint density at radius 2 is 1.83 bits per heavy atom. The molecular weight excluding hydrogens is 464 g/mol. The van der Waals surface area contributed by atoms with E-state index in [1.807, 2.05) is 30.3 Å². The van der Waals surface area contributed by atoms with E-state index in [0.717, 1.165) is 53.5 Å². The van der Waals surface area contributed by atoms with Crippen molar-refractivity contribution in [3.63, 3.8) is 0 Å². The first kappa shape index (κ1) is 24.0. The lowest BCUT2D eigenvalue weighted by molar-refractivity contribution is -0.123. The Bertz CT molecular complexity index is 1200. The first-order valence-electron chi connectivity index (χ1n) is 12.0. The number of benzene rings is 2. The van der Waals surface area contributed by atoms with Crippen molar-refractivity contribution < 1.29 is 19.4 Å². The second kappa shape index (κ2) is 10.5. The SMILES string of the molecule is Cc1ccc2nc(-c3ccc(N4C(=O)C[C@H](N5CCN(CCOCCO)CC5)C4=O)cc3)sc2c1. The van der Waals surface area contributed by atoms with Crippen molar-refractivity contribution in [3.05, 3.63) is 48.0 Å². The summed E-state index contributed by atoms with van der Waals surface area (Å²) in [5.41, 5.74) is 3.77. The van der Waals surface area contributed by atoms with Crippen molar-refractivity contribution in [1.82, 2.24) is 14.8 Å². The van der Waals surface area contributed by atoms with E-state index in [1.165, 1.54) is 10.5 Å². The lowest BCUT2D eigenvalue weighted by atomic mass is 10.1. The highest BCUT2D eigenvalue weighted by Gasteiger charge is 2.43. The number of carbonyl (C=O) groups excluding carboxylic acids is 2. The molecule has 1 atom stereocenters. The molecule has 2 saturated heterocycles. The second-order valence-electron chi connectivity index (χ2n) is 9.04. The van der Waals surface area contributed by atoms with Crippen LogP contribution in [0.5, 0.6) is 0 Å². The molecule has 2 aliphatic heterocycles. The number of hydrogen-bond donors (Lipinski definition) is 1. The number of piperazine rings is 1. The number of nitrogens with zero attached hydrogens (tertiary/aromatic N) is 4. The quantitative estimate of drug-likeness (QED) is 0.380. The summed E-state index contributed by atoms with van der Waals surface area (Å²) in [7, 11) is 0. The smallest absolute Gasteiger partial charge is 0.251 e. The van der Waals surface area contributed by atoms with E-state index in [4.69, 9.17) is 14.8 Å². The highest BCUT2D eigenvalue weighted by molar-refractivity contribution is 7.21. The summed E-state index contributed by atoms with van der Waals surface area (Å²) >= 11 is 1.64. The van der Waals surface area contributed by atoms with E-state index < -0.39 is 6.04 Å². The molecule has 184 valence electrons. The molecule has 8 nitrogen and oxygen atoms in total. The number of aliphatic hydroxyl groups is 1. The van der Waals surface area contributed by atoms with Gasteiger partial charge in [-0.25, -0.2) is 9.88 Å². The van der Waals surface area contributed by atoms with Crippen LogP contribution in [0.2, 0.25) is 0 Å². The minimum absolute atomic E-state index is 0.0342. The molecule has 0 aliphatic carbocycles. The first-order valence-corrected chi connectivity index (χ1v) is 12.8. The summed E-state index contributed by atoms with van der Waals surface area (Å²) in [6, 6.07) is 13.4. The lowest BCUT2D eigenvalue weighted by Crippen LogP contribution is -2.53. The highest BCUT2D eigenvalue weighted by Crippen LogP contribution is 2.33. The number of amides is 2. The molecule has 9 heteroatoms. The van der Waals surface area contributed by atoms with Gasteiger partial charge in [-0.05, 0) is 48.9 Å². The summed E-state index contributed by atoms with van der Waals surface area (Å²) < 4.78 is 6.50. The topological polar surface area (TPSA) is 86.2 Å². The number of rotatable bonds is 8. The third-order valence-corrected chi connectivity index (χ3v) is 7.74. The molecule has 3 heterocycles. The Morgan fingerprint density at radius 1 is 1.06 bits per heavy atom. The number of aromatic nitrogens is 1. The number of hydrogen-bond acceptors (Lipinski definition) is 8. The molecule has 0 spiro atoms. The summed E-state index contributed by atoms with van der Waals surface area (Å²) in [6.07, 6.45) is 0.220. The zero-order valence-corrected chi connectivity index (χ0v) is 20.7. The average molecular weight is 495 g/mol. The van der Waals surface area contributed by atoms with Crippen molar-refractivity contribution in [2.24, 2.45) is 0 Å². The van der Waals surface area contributed by atoms with Gasteiger partial charge in [0.1, 0.15) is 5.01 Å². The van der Waals surface area contributed by atoms with E-state index in [0.29, 0.717) is 18.9 Å². The van der Waals surface area contributed by atoms with Crippen molar-refractivity contribution in [2.75, 3.05) is 57.4 Å². The van der Waals surface area contributed by atoms with Crippen molar-refractivity contribution in [3.8, 4) is 10.6 Å². The molecule has 2 fully saturated rings. The number of imide groups is 1. The third-order valence-electron chi connectivity index (χ3n) is 6.67. The molecule has 35 heavy (non-hydrogen) atoms. The maximum Gasteiger partial charge on any atom is 0.251 e. The fraction of sp³-hybridized carbons (Fsp3) is 0.423. The Hall–Kier alpha value is -2.69. The van der Waals surface area contributed by atoms with Crippen LogP contribution in [0.3, 0.4) is 0 Å². The molecule has 0 bridgehead atoms. The van der Waals surface area contributed by atoms with Crippen LogP contribution < -0.4 is 4.90 Å². The standard InChI is InChI=1S/C26H30N4O4S/c1-18-2-7-21-23(16-18)35-25(27-21)19-3-5-20(6-4-19)30-24(32)17-22(26(30)33)29-10-8-28(9-11-29)12-14-34-15-13-31/h2-7,16,22,31H,8-15,17H2,1H3/t22-/m0/s1. The lowest BCUT2D eigenvalue weighted by Gasteiger charge is -2.36. The maximum absolute atomic E-state index is 13.2. The molecule has 0 unspecified atom stereocenters. The Labute approximate surface area is 208 Å². The Balaban J connectivity index is 1.22. The van der Waals surface area contributed by atoms with Gasteiger partial charge in [-0.15, -0.1) is 11.3 Å². The predicted octanol–water partition coefficient (Wildman–Crippen LogP) is 2.53. The number of aliphatic hydroxyl groups excluding tert-OH is 1. The molecular formula is C26H30N4O4S. The summed E-state index contributed by atoms with van der Waals surface area (Å²) in [5, 5.41) is 9.72. The fourth-order valence-corrected chi connectivity index (χ4v) is 5.81. The van der Waals surface area contributed by atoms with Gasteiger partial charge in [0, 0.05) is 38.3 Å². The van der Waals surface area contributed by atoms with E-state index in [9.17, 15) is 9.59 Å². The monoisotopic (exact) mass is 494 g/mol. The maximum atomic E-state index is 13.2. The summed E-state index contributed by atoms with van der Waals surface area (Å²) in [5.74, 6) is -0.291. The van der Waals surface area contributed by atoms with E-state index in [2.05, 4.69) is 28.9 Å². The van der Waals surface area contributed by atoms with Crippen LogP contribution >= 0.6 is 11.3 Å². The molecule has 2 aromatic carbocycles. The molecule has 3 aromatic rings. The minimum atomic E-state index is -0.400. The van der Waals surface area contributed by atoms with Crippen LogP contribution in [0.4, 0.5) is 5.69 Å². The molecule has 1 N–H and O–H groups in total. The van der Waals surface area contributed by atoms with Gasteiger partial charge in [0.05, 0.1) is 48.2 Å². The summed E-state index contributed by atoms with van der Waals surface area (Å²) in [4.78, 5) is 36.6. The van der Waals surface area contributed by atoms with Crippen LogP contribution in [0.15, 0.2) is 42.5 Å². The number of thiazole rings is 1. The van der Waals surface area contributed by atoms with Crippen LogP contribution in [-0.2, 0) is 14.3 Å². The third kappa shape index (κ3) is 5.14. The molecule has 0 saturated carbocycles. The Kier molecular flexibility index (Phi) is 7.22. The fourth-order valence-electron chi connectivity index (χ4n) is 4.74. The molecule has 5 rings (SSSR count). The molecule has 2 amide bonds. The first-order chi connectivity index (χ1) is 17.0. The number of fused-ring (bicyclic) bond motifs is 1. The zero-order valence-electron chi connectivity index (χ0n) is 19.9. The van der Waals surface area contributed by atoms with Gasteiger partial charge in [0.2, 0.25) is 5.91 Å². The van der Waals surface area contributed by atoms with E-state index in [1.54, 1.807) is 11.3 Å². The van der Waals surface area contributed by atoms with Gasteiger partial charge in [0.25, 0.3) is 5.91 Å².